The molecule has 0 aliphatic heterocycles. The van der Waals surface area contributed by atoms with Gasteiger partial charge >= 0.3 is 6.18 Å². The molecule has 0 atom stereocenters. The van der Waals surface area contributed by atoms with Crippen LogP contribution in [0.2, 0.25) is 0 Å². The summed E-state index contributed by atoms with van der Waals surface area (Å²) in [6.45, 7) is 1.84. The molecule has 1 aromatic carbocycles. The van der Waals surface area contributed by atoms with Crippen LogP contribution in [0.25, 0.3) is 22.3 Å². The third kappa shape index (κ3) is 5.03. The molecule has 0 saturated carbocycles. The van der Waals surface area contributed by atoms with Crippen molar-refractivity contribution < 1.29 is 18.0 Å². The van der Waals surface area contributed by atoms with Crippen LogP contribution < -0.4 is 10.6 Å². The summed E-state index contributed by atoms with van der Waals surface area (Å²) < 4.78 is 38.8. The van der Waals surface area contributed by atoms with Crippen molar-refractivity contribution in [3.8, 4) is 22.3 Å². The molecule has 0 unspecified atom stereocenters. The summed E-state index contributed by atoms with van der Waals surface area (Å²) in [6.07, 6.45) is -0.488. The van der Waals surface area contributed by atoms with Crippen LogP contribution in [-0.4, -0.2) is 27.9 Å². The smallest absolute Gasteiger partial charge is 0.373 e. The third-order valence-corrected chi connectivity index (χ3v) is 5.18. The Labute approximate surface area is 193 Å². The number of carbonyl (C=O) groups excluding carboxylic acids is 1. The summed E-state index contributed by atoms with van der Waals surface area (Å²) in [5, 5.41) is 5.64. The zero-order chi connectivity index (χ0) is 24.3. The van der Waals surface area contributed by atoms with Crippen molar-refractivity contribution in [3.63, 3.8) is 0 Å². The van der Waals surface area contributed by atoms with Crippen LogP contribution in [0.3, 0.4) is 0 Å². The minimum Gasteiger partial charge on any atom is -0.373 e. The van der Waals surface area contributed by atoms with Crippen LogP contribution in [0.5, 0.6) is 0 Å². The van der Waals surface area contributed by atoms with Gasteiger partial charge in [0.25, 0.3) is 5.91 Å². The lowest BCUT2D eigenvalue weighted by molar-refractivity contribution is -0.141. The lowest BCUT2D eigenvalue weighted by atomic mass is 9.98. The second-order valence-electron chi connectivity index (χ2n) is 7.50. The minimum atomic E-state index is -4.64. The predicted molar refractivity (Wildman–Crippen MR) is 124 cm³/mol. The number of rotatable bonds is 5. The zero-order valence-electron chi connectivity index (χ0n) is 18.3. The van der Waals surface area contributed by atoms with Gasteiger partial charge in [0.2, 0.25) is 0 Å². The Morgan fingerprint density at radius 3 is 2.38 bits per heavy atom. The average Bonchev–Trinajstić information content (AvgIpc) is 2.85. The van der Waals surface area contributed by atoms with E-state index in [-0.39, 0.29) is 5.56 Å². The Hall–Kier alpha value is -4.27. The number of carbonyl (C=O) groups is 1. The fourth-order valence-corrected chi connectivity index (χ4v) is 3.44. The van der Waals surface area contributed by atoms with E-state index in [1.165, 1.54) is 12.3 Å². The van der Waals surface area contributed by atoms with Gasteiger partial charge in [0.1, 0.15) is 11.5 Å². The number of alkyl halides is 3. The number of nitrogens with one attached hydrogen (secondary N) is 2. The molecular formula is C25H20F3N5O. The van der Waals surface area contributed by atoms with E-state index < -0.39 is 17.8 Å². The normalized spacial score (nSPS) is 11.2. The molecule has 3 heterocycles. The maximum Gasteiger partial charge on any atom is 0.433 e. The summed E-state index contributed by atoms with van der Waals surface area (Å²) in [5.74, 6) is 0.0601. The Balaban J connectivity index is 1.63. The number of benzene rings is 1. The van der Waals surface area contributed by atoms with Gasteiger partial charge in [-0.1, -0.05) is 18.2 Å². The van der Waals surface area contributed by atoms with Gasteiger partial charge in [-0.05, 0) is 60.0 Å². The van der Waals surface area contributed by atoms with Crippen molar-refractivity contribution >= 4 is 17.4 Å². The lowest BCUT2D eigenvalue weighted by Crippen LogP contribution is -2.15. The van der Waals surface area contributed by atoms with E-state index in [1.54, 1.807) is 19.3 Å². The third-order valence-electron chi connectivity index (χ3n) is 5.18. The molecule has 0 fully saturated rings. The van der Waals surface area contributed by atoms with E-state index in [0.717, 1.165) is 46.0 Å². The highest BCUT2D eigenvalue weighted by atomic mass is 19.4. The van der Waals surface area contributed by atoms with Gasteiger partial charge in [-0.3, -0.25) is 14.8 Å². The second-order valence-corrected chi connectivity index (χ2v) is 7.50. The number of hydrogen-bond acceptors (Lipinski definition) is 5. The molecule has 1 amide bonds. The van der Waals surface area contributed by atoms with Gasteiger partial charge in [0.15, 0.2) is 0 Å². The summed E-state index contributed by atoms with van der Waals surface area (Å²) in [7, 11) is 1.80. The van der Waals surface area contributed by atoms with Crippen LogP contribution in [-0.2, 0) is 6.18 Å². The molecule has 0 aliphatic rings. The SMILES string of the molecule is CNc1cc(-c2cccc(-c3cc(NC(=O)c4ccnc(C(F)(F)F)c4)cnc3C)c2)ccn1. The Bertz CT molecular complexity index is 1350. The molecule has 34 heavy (non-hydrogen) atoms. The summed E-state index contributed by atoms with van der Waals surface area (Å²) in [6, 6.07) is 15.4. The first-order chi connectivity index (χ1) is 16.2. The minimum absolute atomic E-state index is 0.149. The zero-order valence-corrected chi connectivity index (χ0v) is 18.3. The largest absolute Gasteiger partial charge is 0.433 e. The molecule has 6 nitrogen and oxygen atoms in total. The number of nitrogens with zero attached hydrogens (tertiary/aromatic N) is 3. The molecule has 3 aromatic heterocycles. The summed E-state index contributed by atoms with van der Waals surface area (Å²) in [4.78, 5) is 24.5. The summed E-state index contributed by atoms with van der Waals surface area (Å²) in [5.41, 5.74) is 3.45. The van der Waals surface area contributed by atoms with Gasteiger partial charge in [0.05, 0.1) is 11.9 Å². The van der Waals surface area contributed by atoms with E-state index in [9.17, 15) is 18.0 Å². The van der Waals surface area contributed by atoms with E-state index in [0.29, 0.717) is 5.69 Å². The monoisotopic (exact) mass is 463 g/mol. The van der Waals surface area contributed by atoms with Crippen LogP contribution in [0.1, 0.15) is 21.7 Å². The van der Waals surface area contributed by atoms with Crippen LogP contribution >= 0.6 is 0 Å². The number of halogens is 3. The number of aromatic nitrogens is 3. The van der Waals surface area contributed by atoms with Crippen molar-refractivity contribution in [2.45, 2.75) is 13.1 Å². The molecular weight excluding hydrogens is 443 g/mol. The highest BCUT2D eigenvalue weighted by molar-refractivity contribution is 6.04. The Morgan fingerprint density at radius 1 is 0.882 bits per heavy atom. The van der Waals surface area contributed by atoms with Crippen molar-refractivity contribution in [1.29, 1.82) is 0 Å². The molecule has 0 radical (unpaired) electrons. The fraction of sp³-hybridized carbons (Fsp3) is 0.120. The maximum absolute atomic E-state index is 12.9. The van der Waals surface area contributed by atoms with Crippen molar-refractivity contribution in [2.75, 3.05) is 17.7 Å². The lowest BCUT2D eigenvalue weighted by Gasteiger charge is -2.12. The van der Waals surface area contributed by atoms with Gasteiger partial charge in [0, 0.05) is 36.3 Å². The second kappa shape index (κ2) is 9.30. The molecule has 0 saturated heterocycles. The number of pyridine rings is 3. The summed E-state index contributed by atoms with van der Waals surface area (Å²) >= 11 is 0. The standard InChI is InChI=1S/C25H20F3N5O/c1-15-21(18-5-3-4-16(10-18)17-6-9-31-23(12-17)29-2)13-20(14-32-15)33-24(34)19-7-8-30-22(11-19)25(26,27)28/h3-14H,1-2H3,(H,29,31)(H,33,34). The predicted octanol–water partition coefficient (Wildman–Crippen LogP) is 5.83. The van der Waals surface area contributed by atoms with E-state index in [1.807, 2.05) is 43.3 Å². The molecule has 9 heteroatoms. The van der Waals surface area contributed by atoms with Crippen LogP contribution in [0.4, 0.5) is 24.7 Å². The quantitative estimate of drug-likeness (QED) is 0.390. The van der Waals surface area contributed by atoms with Gasteiger partial charge in [-0.15, -0.1) is 0 Å². The number of anilines is 2. The highest BCUT2D eigenvalue weighted by Crippen LogP contribution is 2.31. The average molecular weight is 463 g/mol. The van der Waals surface area contributed by atoms with Gasteiger partial charge < -0.3 is 10.6 Å². The topological polar surface area (TPSA) is 79.8 Å². The number of amides is 1. The molecule has 0 bridgehead atoms. The highest BCUT2D eigenvalue weighted by Gasteiger charge is 2.33. The van der Waals surface area contributed by atoms with Crippen molar-refractivity contribution in [3.05, 3.63) is 90.1 Å². The van der Waals surface area contributed by atoms with Gasteiger partial charge in [-0.2, -0.15) is 13.2 Å². The van der Waals surface area contributed by atoms with E-state index in [4.69, 9.17) is 0 Å². The fourth-order valence-electron chi connectivity index (χ4n) is 3.44. The van der Waals surface area contributed by atoms with Crippen LogP contribution in [0.15, 0.2) is 73.2 Å². The molecule has 4 rings (SSSR count). The van der Waals surface area contributed by atoms with Crippen molar-refractivity contribution in [1.82, 2.24) is 15.0 Å². The molecule has 172 valence electrons. The molecule has 0 spiro atoms. The van der Waals surface area contributed by atoms with E-state index >= 15 is 0 Å². The molecule has 0 aliphatic carbocycles. The van der Waals surface area contributed by atoms with Crippen LogP contribution in [0, 0.1) is 6.92 Å². The molecule has 4 aromatic rings. The van der Waals surface area contributed by atoms with Crippen molar-refractivity contribution in [2.24, 2.45) is 0 Å². The number of hydrogen-bond donors (Lipinski definition) is 2. The maximum atomic E-state index is 12.9. The first-order valence-corrected chi connectivity index (χ1v) is 10.3. The Morgan fingerprint density at radius 2 is 1.62 bits per heavy atom. The molecule has 2 N–H and O–H groups in total. The van der Waals surface area contributed by atoms with E-state index in [2.05, 4.69) is 25.6 Å². The first kappa shape index (κ1) is 22.9. The van der Waals surface area contributed by atoms with Gasteiger partial charge in [-0.25, -0.2) is 4.98 Å². The Kier molecular flexibility index (Phi) is 6.27. The number of aryl methyl sites for hydroxylation is 1. The first-order valence-electron chi connectivity index (χ1n) is 10.3.